The van der Waals surface area contributed by atoms with Crippen LogP contribution in [0.4, 0.5) is 14.6 Å². The fourth-order valence-electron chi connectivity index (χ4n) is 3.77. The molecular weight excluding hydrogens is 388 g/mol. The van der Waals surface area contributed by atoms with Crippen molar-refractivity contribution in [2.45, 2.75) is 40.0 Å². The number of rotatable bonds is 5. The molecule has 2 fully saturated rings. The minimum atomic E-state index is -2.67. The third-order valence-corrected chi connectivity index (χ3v) is 5.32. The Morgan fingerprint density at radius 1 is 1.37 bits per heavy atom. The Labute approximate surface area is 176 Å². The molecule has 1 atom stereocenters. The van der Waals surface area contributed by atoms with Gasteiger partial charge in [0.05, 0.1) is 11.6 Å². The number of carbonyl (C=O) groups excluding carboxylic acids is 1. The fourth-order valence-corrected chi connectivity index (χ4v) is 3.77. The largest absolute Gasteiger partial charge is 0.354 e. The quantitative estimate of drug-likeness (QED) is 0.771. The molecule has 1 unspecified atom stereocenters. The summed E-state index contributed by atoms with van der Waals surface area (Å²) in [5, 5.41) is 5.99. The van der Waals surface area contributed by atoms with Gasteiger partial charge in [0.1, 0.15) is 11.7 Å². The molecule has 2 N–H and O–H groups in total. The number of carbonyl (C=O) groups is 1. The van der Waals surface area contributed by atoms with Crippen LogP contribution < -0.4 is 15.5 Å². The Morgan fingerprint density at radius 2 is 2.10 bits per heavy atom. The van der Waals surface area contributed by atoms with Crippen LogP contribution in [-0.4, -0.2) is 49.3 Å². The van der Waals surface area contributed by atoms with Gasteiger partial charge in [-0.25, -0.2) is 18.8 Å². The number of allylic oxidation sites excluding steroid dienone is 2. The zero-order chi connectivity index (χ0) is 21.7. The molecule has 0 spiro atoms. The van der Waals surface area contributed by atoms with Crippen LogP contribution in [0.2, 0.25) is 0 Å². The molecule has 0 bridgehead atoms. The number of anilines is 1. The molecule has 1 aromatic rings. The van der Waals surface area contributed by atoms with E-state index in [-0.39, 0.29) is 12.3 Å². The van der Waals surface area contributed by atoms with Gasteiger partial charge in [0.25, 0.3) is 0 Å². The van der Waals surface area contributed by atoms with Crippen molar-refractivity contribution < 1.29 is 13.6 Å². The van der Waals surface area contributed by atoms with Crippen LogP contribution in [0, 0.1) is 12.8 Å². The standard InChI is InChI=1S/C22H29F2N5O/c1-4-5-6-26-22-20(16(21(23)24)13-19(30)28-22)15(3)17-11-14(2)12-18(27-17)29-9-7-25-8-10-29/h5-6,11-12,16,21,25H,4,7-10,13H2,1-3H3,(H,26,28,30)/b6-5+,20-15+. The van der Waals surface area contributed by atoms with Gasteiger partial charge in [-0.2, -0.15) is 0 Å². The molecule has 162 valence electrons. The van der Waals surface area contributed by atoms with Gasteiger partial charge in [-0.1, -0.05) is 13.0 Å². The highest BCUT2D eigenvalue weighted by Gasteiger charge is 2.36. The third-order valence-electron chi connectivity index (χ3n) is 5.32. The van der Waals surface area contributed by atoms with Crippen molar-refractivity contribution in [2.75, 3.05) is 31.1 Å². The first kappa shape index (κ1) is 22.1. The highest BCUT2D eigenvalue weighted by atomic mass is 19.3. The summed E-state index contributed by atoms with van der Waals surface area (Å²) in [4.78, 5) is 23.3. The molecule has 1 aromatic heterocycles. The minimum Gasteiger partial charge on any atom is -0.354 e. The van der Waals surface area contributed by atoms with E-state index in [4.69, 9.17) is 4.98 Å². The predicted molar refractivity (Wildman–Crippen MR) is 116 cm³/mol. The number of halogens is 2. The number of alkyl halides is 2. The second kappa shape index (κ2) is 9.93. The second-order valence-electron chi connectivity index (χ2n) is 7.63. The molecule has 2 aliphatic rings. The lowest BCUT2D eigenvalue weighted by atomic mass is 9.86. The summed E-state index contributed by atoms with van der Waals surface area (Å²) < 4.78 is 27.8. The van der Waals surface area contributed by atoms with E-state index in [9.17, 15) is 13.6 Å². The number of piperazine rings is 1. The highest BCUT2D eigenvalue weighted by molar-refractivity contribution is 6.14. The molecule has 6 nitrogen and oxygen atoms in total. The summed E-state index contributed by atoms with van der Waals surface area (Å²) in [6.07, 6.45) is 1.18. The molecule has 2 saturated heterocycles. The first-order valence-electron chi connectivity index (χ1n) is 10.4. The van der Waals surface area contributed by atoms with Crippen molar-refractivity contribution in [1.29, 1.82) is 0 Å². The van der Waals surface area contributed by atoms with Crippen molar-refractivity contribution in [3.8, 4) is 0 Å². The number of hydrogen-bond donors (Lipinski definition) is 2. The molecule has 0 radical (unpaired) electrons. The van der Waals surface area contributed by atoms with Crippen molar-refractivity contribution >= 4 is 23.1 Å². The maximum atomic E-state index is 13.9. The molecule has 30 heavy (non-hydrogen) atoms. The number of hydrogen-bond acceptors (Lipinski definition) is 5. The molecule has 3 rings (SSSR count). The Hall–Kier alpha value is -2.61. The van der Waals surface area contributed by atoms with Gasteiger partial charge in [-0.05, 0) is 43.5 Å². The van der Waals surface area contributed by atoms with E-state index >= 15 is 0 Å². The van der Waals surface area contributed by atoms with Crippen LogP contribution >= 0.6 is 0 Å². The van der Waals surface area contributed by atoms with E-state index in [1.54, 1.807) is 13.1 Å². The smallest absolute Gasteiger partial charge is 0.246 e. The van der Waals surface area contributed by atoms with Crippen LogP contribution in [-0.2, 0) is 4.79 Å². The number of pyridine rings is 1. The molecule has 2 aliphatic heterocycles. The normalized spacial score (nSPS) is 23.4. The second-order valence-corrected chi connectivity index (χ2v) is 7.63. The Morgan fingerprint density at radius 3 is 2.77 bits per heavy atom. The molecule has 3 heterocycles. The number of aromatic nitrogens is 1. The number of piperidine rings is 1. The van der Waals surface area contributed by atoms with Crippen LogP contribution in [0.1, 0.15) is 37.9 Å². The van der Waals surface area contributed by atoms with Gasteiger partial charge in [-0.3, -0.25) is 4.79 Å². The number of nitrogens with one attached hydrogen (secondary N) is 2. The molecule has 0 aromatic carbocycles. The summed E-state index contributed by atoms with van der Waals surface area (Å²) in [7, 11) is 0. The van der Waals surface area contributed by atoms with E-state index < -0.39 is 18.3 Å². The summed E-state index contributed by atoms with van der Waals surface area (Å²) in [5.74, 6) is -0.633. The lowest BCUT2D eigenvalue weighted by molar-refractivity contribution is -0.122. The van der Waals surface area contributed by atoms with E-state index in [1.165, 1.54) is 0 Å². The third kappa shape index (κ3) is 5.11. The van der Waals surface area contributed by atoms with Crippen LogP contribution in [0.15, 0.2) is 35.0 Å². The van der Waals surface area contributed by atoms with E-state index in [0.29, 0.717) is 16.8 Å². The zero-order valence-corrected chi connectivity index (χ0v) is 17.7. The number of nitrogens with zero attached hydrogens (tertiary/aromatic N) is 3. The van der Waals surface area contributed by atoms with Gasteiger partial charge in [0.15, 0.2) is 0 Å². The highest BCUT2D eigenvalue weighted by Crippen LogP contribution is 2.33. The van der Waals surface area contributed by atoms with E-state index in [2.05, 4.69) is 20.5 Å². The SMILES string of the molecule is CC/C=C/N=C1\NC(=O)CC(C(F)F)\C1=C(\C)c1cc(C)cc(N2CCNCC2)n1. The molecule has 0 saturated carbocycles. The molecule has 8 heteroatoms. The van der Waals surface area contributed by atoms with Gasteiger partial charge in [0.2, 0.25) is 12.3 Å². The van der Waals surface area contributed by atoms with Crippen LogP contribution in [0.25, 0.3) is 5.57 Å². The molecule has 1 amide bonds. The number of aliphatic imine (C=N–C) groups is 1. The van der Waals surface area contributed by atoms with Crippen molar-refractivity contribution in [2.24, 2.45) is 10.9 Å². The van der Waals surface area contributed by atoms with Crippen LogP contribution in [0.3, 0.4) is 0 Å². The summed E-state index contributed by atoms with van der Waals surface area (Å²) in [5.41, 5.74) is 2.61. The van der Waals surface area contributed by atoms with Crippen LogP contribution in [0.5, 0.6) is 0 Å². The average Bonchev–Trinajstić information content (AvgIpc) is 2.73. The fraction of sp³-hybridized carbons (Fsp3) is 0.500. The molecule has 0 aliphatic carbocycles. The summed E-state index contributed by atoms with van der Waals surface area (Å²) >= 11 is 0. The summed E-state index contributed by atoms with van der Waals surface area (Å²) in [6, 6.07) is 3.91. The Kier molecular flexibility index (Phi) is 7.31. The Balaban J connectivity index is 2.09. The first-order valence-corrected chi connectivity index (χ1v) is 10.4. The summed E-state index contributed by atoms with van der Waals surface area (Å²) in [6.45, 7) is 9.15. The van der Waals surface area contributed by atoms with Crippen molar-refractivity contribution in [3.63, 3.8) is 0 Å². The van der Waals surface area contributed by atoms with Crippen molar-refractivity contribution in [1.82, 2.24) is 15.6 Å². The number of amidine groups is 1. The Bertz CT molecular complexity index is 872. The number of aryl methyl sites for hydroxylation is 1. The first-order chi connectivity index (χ1) is 14.4. The van der Waals surface area contributed by atoms with Gasteiger partial charge in [-0.15, -0.1) is 0 Å². The lowest BCUT2D eigenvalue weighted by Crippen LogP contribution is -2.44. The zero-order valence-electron chi connectivity index (χ0n) is 17.7. The van der Waals surface area contributed by atoms with Crippen molar-refractivity contribution in [3.05, 3.63) is 41.2 Å². The lowest BCUT2D eigenvalue weighted by Gasteiger charge is -2.30. The number of amides is 1. The van der Waals surface area contributed by atoms with E-state index in [0.717, 1.165) is 44.0 Å². The maximum Gasteiger partial charge on any atom is 0.246 e. The van der Waals surface area contributed by atoms with Gasteiger partial charge >= 0.3 is 0 Å². The topological polar surface area (TPSA) is 69.6 Å². The van der Waals surface area contributed by atoms with E-state index in [1.807, 2.05) is 32.1 Å². The van der Waals surface area contributed by atoms with Gasteiger partial charge in [0, 0.05) is 44.4 Å². The molecular formula is C22H29F2N5O. The van der Waals surface area contributed by atoms with Gasteiger partial charge < -0.3 is 15.5 Å². The predicted octanol–water partition coefficient (Wildman–Crippen LogP) is 3.30. The monoisotopic (exact) mass is 417 g/mol. The maximum absolute atomic E-state index is 13.9. The average molecular weight is 418 g/mol. The minimum absolute atomic E-state index is 0.186.